The third-order valence-corrected chi connectivity index (χ3v) is 5.02. The van der Waals surface area contributed by atoms with E-state index in [-0.39, 0.29) is 17.7 Å². The average molecular weight is 317 g/mol. The van der Waals surface area contributed by atoms with Crippen LogP contribution in [0.4, 0.5) is 0 Å². The molecule has 0 spiro atoms. The molecular formula is C16H23N5O2. The lowest BCUT2D eigenvalue weighted by Crippen LogP contribution is -2.32. The van der Waals surface area contributed by atoms with Gasteiger partial charge in [-0.05, 0) is 32.8 Å². The minimum Gasteiger partial charge on any atom is -0.393 e. The number of aliphatic hydroxyl groups is 1. The van der Waals surface area contributed by atoms with Crippen LogP contribution in [0.15, 0.2) is 12.4 Å². The van der Waals surface area contributed by atoms with Crippen molar-refractivity contribution in [2.45, 2.75) is 38.7 Å². The monoisotopic (exact) mass is 317 g/mol. The number of hydrogen-bond acceptors (Lipinski definition) is 4. The van der Waals surface area contributed by atoms with Crippen LogP contribution in [0.1, 0.15) is 46.3 Å². The second-order valence-corrected chi connectivity index (χ2v) is 6.42. The number of nitrogens with one attached hydrogen (secondary N) is 2. The number of carbonyl (C=O) groups excluding carboxylic acids is 1. The third kappa shape index (κ3) is 3.01. The molecule has 1 fully saturated rings. The number of hydrogen-bond donors (Lipinski definition) is 3. The Kier molecular flexibility index (Phi) is 4.21. The minimum atomic E-state index is -0.427. The van der Waals surface area contributed by atoms with E-state index >= 15 is 0 Å². The van der Waals surface area contributed by atoms with Crippen molar-refractivity contribution in [3.05, 3.63) is 35.2 Å². The highest BCUT2D eigenvalue weighted by Crippen LogP contribution is 2.36. The highest BCUT2D eigenvalue weighted by Gasteiger charge is 2.35. The van der Waals surface area contributed by atoms with Gasteiger partial charge in [0.2, 0.25) is 0 Å². The van der Waals surface area contributed by atoms with Crippen LogP contribution in [0, 0.1) is 19.8 Å². The third-order valence-electron chi connectivity index (χ3n) is 5.02. The summed E-state index contributed by atoms with van der Waals surface area (Å²) >= 11 is 0. The molecule has 0 bridgehead atoms. The summed E-state index contributed by atoms with van der Waals surface area (Å²) in [4.78, 5) is 16.5. The van der Waals surface area contributed by atoms with Gasteiger partial charge in [-0.15, -0.1) is 0 Å². The van der Waals surface area contributed by atoms with Crippen LogP contribution >= 0.6 is 0 Å². The Labute approximate surface area is 135 Å². The summed E-state index contributed by atoms with van der Waals surface area (Å²) in [6, 6.07) is 1.90. The van der Waals surface area contributed by atoms with Gasteiger partial charge in [-0.3, -0.25) is 9.89 Å². The summed E-state index contributed by atoms with van der Waals surface area (Å²) in [5.74, 6) is 0.947. The molecule has 0 unspecified atom stereocenters. The smallest absolute Gasteiger partial charge is 0.253 e. The van der Waals surface area contributed by atoms with Crippen molar-refractivity contribution in [2.24, 2.45) is 13.0 Å². The summed E-state index contributed by atoms with van der Waals surface area (Å²) in [7, 11) is 1.95. The summed E-state index contributed by atoms with van der Waals surface area (Å²) in [6.45, 7) is 4.39. The SMILES string of the molecule is Cc1cc(C(=O)NC[C@@H]2C[C@@H](c3ncn[nH]3)C[C@@H]2O)c(C)n1C. The number of aromatic amines is 1. The standard InChI is InChI=1S/C16H23N5O2/c1-9-4-13(10(2)21(9)3)16(23)17-7-12-5-11(6-14(12)22)15-18-8-19-20-15/h4,8,11-12,14,22H,5-7H2,1-3H3,(H,17,23)(H,18,19,20)/t11-,12+,14+/m1/s1. The average Bonchev–Trinajstić information content (AvgIpc) is 3.22. The van der Waals surface area contributed by atoms with Crippen LogP contribution < -0.4 is 5.32 Å². The molecule has 124 valence electrons. The normalized spacial score (nSPS) is 24.1. The number of aliphatic hydroxyl groups excluding tert-OH is 1. The molecular weight excluding hydrogens is 294 g/mol. The Morgan fingerprint density at radius 3 is 2.87 bits per heavy atom. The summed E-state index contributed by atoms with van der Waals surface area (Å²) in [6.07, 6.45) is 2.50. The van der Waals surface area contributed by atoms with Gasteiger partial charge < -0.3 is 15.0 Å². The van der Waals surface area contributed by atoms with Crippen LogP contribution in [0.5, 0.6) is 0 Å². The number of nitrogens with zero attached hydrogens (tertiary/aromatic N) is 3. The first-order valence-electron chi connectivity index (χ1n) is 7.91. The zero-order valence-corrected chi connectivity index (χ0v) is 13.7. The van der Waals surface area contributed by atoms with Gasteiger partial charge in [0.15, 0.2) is 0 Å². The molecule has 2 aromatic heterocycles. The molecule has 1 saturated carbocycles. The van der Waals surface area contributed by atoms with E-state index in [9.17, 15) is 9.90 Å². The summed E-state index contributed by atoms with van der Waals surface area (Å²) in [5.41, 5.74) is 2.70. The van der Waals surface area contributed by atoms with E-state index < -0.39 is 6.10 Å². The van der Waals surface area contributed by atoms with Crippen molar-refractivity contribution in [3.8, 4) is 0 Å². The fourth-order valence-electron chi connectivity index (χ4n) is 3.36. The van der Waals surface area contributed by atoms with Crippen molar-refractivity contribution in [1.29, 1.82) is 0 Å². The molecule has 3 atom stereocenters. The van der Waals surface area contributed by atoms with Crippen LogP contribution in [-0.2, 0) is 7.05 Å². The van der Waals surface area contributed by atoms with Crippen LogP contribution in [0.3, 0.4) is 0 Å². The van der Waals surface area contributed by atoms with Gasteiger partial charge in [0.1, 0.15) is 12.2 Å². The molecule has 3 N–H and O–H groups in total. The van der Waals surface area contributed by atoms with Gasteiger partial charge in [-0.2, -0.15) is 5.10 Å². The van der Waals surface area contributed by atoms with Crippen molar-refractivity contribution in [3.63, 3.8) is 0 Å². The van der Waals surface area contributed by atoms with Crippen molar-refractivity contribution in [2.75, 3.05) is 6.54 Å². The van der Waals surface area contributed by atoms with Crippen molar-refractivity contribution in [1.82, 2.24) is 25.1 Å². The highest BCUT2D eigenvalue weighted by molar-refractivity contribution is 5.95. The van der Waals surface area contributed by atoms with Gasteiger partial charge in [-0.25, -0.2) is 4.98 Å². The Morgan fingerprint density at radius 1 is 1.48 bits per heavy atom. The van der Waals surface area contributed by atoms with Gasteiger partial charge in [-0.1, -0.05) is 0 Å². The molecule has 1 aliphatic carbocycles. The van der Waals surface area contributed by atoms with E-state index in [1.54, 1.807) is 0 Å². The Hall–Kier alpha value is -2.15. The zero-order valence-electron chi connectivity index (χ0n) is 13.7. The van der Waals surface area contributed by atoms with E-state index in [0.29, 0.717) is 18.5 Å². The molecule has 0 radical (unpaired) electrons. The fraction of sp³-hybridized carbons (Fsp3) is 0.562. The lowest BCUT2D eigenvalue weighted by molar-refractivity contribution is 0.0916. The largest absolute Gasteiger partial charge is 0.393 e. The van der Waals surface area contributed by atoms with Gasteiger partial charge >= 0.3 is 0 Å². The quantitative estimate of drug-likeness (QED) is 0.785. The lowest BCUT2D eigenvalue weighted by atomic mass is 10.0. The molecule has 0 aromatic carbocycles. The Morgan fingerprint density at radius 2 is 2.26 bits per heavy atom. The molecule has 3 rings (SSSR count). The second kappa shape index (κ2) is 6.16. The Bertz CT molecular complexity index is 692. The molecule has 1 amide bonds. The molecule has 7 nitrogen and oxygen atoms in total. The molecule has 23 heavy (non-hydrogen) atoms. The maximum Gasteiger partial charge on any atom is 0.253 e. The summed E-state index contributed by atoms with van der Waals surface area (Å²) in [5, 5.41) is 19.9. The van der Waals surface area contributed by atoms with E-state index in [4.69, 9.17) is 0 Å². The van der Waals surface area contributed by atoms with Crippen LogP contribution in [0.2, 0.25) is 0 Å². The number of aromatic nitrogens is 4. The summed E-state index contributed by atoms with van der Waals surface area (Å²) < 4.78 is 2.00. The van der Waals surface area contributed by atoms with Crippen LogP contribution in [-0.4, -0.2) is 43.4 Å². The zero-order chi connectivity index (χ0) is 16.6. The number of carbonyl (C=O) groups is 1. The maximum atomic E-state index is 12.4. The van der Waals surface area contributed by atoms with Crippen LogP contribution in [0.25, 0.3) is 0 Å². The number of aryl methyl sites for hydroxylation is 1. The van der Waals surface area contributed by atoms with E-state index in [1.165, 1.54) is 6.33 Å². The molecule has 2 aromatic rings. The first-order valence-corrected chi connectivity index (χ1v) is 7.91. The minimum absolute atomic E-state index is 0.0409. The predicted octanol–water partition coefficient (Wildman–Crippen LogP) is 1.04. The number of H-pyrrole nitrogens is 1. The van der Waals surface area contributed by atoms with Crippen molar-refractivity contribution < 1.29 is 9.90 Å². The predicted molar refractivity (Wildman–Crippen MR) is 85.1 cm³/mol. The van der Waals surface area contributed by atoms with E-state index in [1.807, 2.05) is 31.5 Å². The van der Waals surface area contributed by atoms with Crippen molar-refractivity contribution >= 4 is 5.91 Å². The van der Waals surface area contributed by atoms with Gasteiger partial charge in [0, 0.05) is 36.8 Å². The molecule has 1 aliphatic rings. The fourth-order valence-corrected chi connectivity index (χ4v) is 3.36. The number of rotatable bonds is 4. The Balaban J connectivity index is 1.60. The van der Waals surface area contributed by atoms with Gasteiger partial charge in [0.05, 0.1) is 11.7 Å². The van der Waals surface area contributed by atoms with Gasteiger partial charge in [0.25, 0.3) is 5.91 Å². The molecule has 2 heterocycles. The highest BCUT2D eigenvalue weighted by atomic mass is 16.3. The molecule has 0 saturated heterocycles. The van der Waals surface area contributed by atoms with E-state index in [2.05, 4.69) is 20.5 Å². The molecule has 7 heteroatoms. The lowest BCUT2D eigenvalue weighted by Gasteiger charge is -2.15. The first-order chi connectivity index (χ1) is 11.0. The maximum absolute atomic E-state index is 12.4. The second-order valence-electron chi connectivity index (χ2n) is 6.42. The van der Waals surface area contributed by atoms with E-state index in [0.717, 1.165) is 23.6 Å². The number of amides is 1. The first kappa shape index (κ1) is 15.7. The topological polar surface area (TPSA) is 95.8 Å². The molecule has 0 aliphatic heterocycles.